The van der Waals surface area contributed by atoms with Gasteiger partial charge in [-0.2, -0.15) is 0 Å². The SMILES string of the molecule is CCCNC(=O)CC1NC(=O)N(CCc2c[nH]c3ccccc23)C1=O. The van der Waals surface area contributed by atoms with Crippen LogP contribution in [0.2, 0.25) is 0 Å². The van der Waals surface area contributed by atoms with E-state index >= 15 is 0 Å². The molecule has 4 amide bonds. The molecule has 1 unspecified atom stereocenters. The maximum Gasteiger partial charge on any atom is 0.324 e. The van der Waals surface area contributed by atoms with Crippen molar-refractivity contribution >= 4 is 28.7 Å². The third-order valence-electron chi connectivity index (χ3n) is 4.35. The first kappa shape index (κ1) is 17.0. The molecule has 1 aliphatic rings. The van der Waals surface area contributed by atoms with Gasteiger partial charge >= 0.3 is 6.03 Å². The van der Waals surface area contributed by atoms with Crippen molar-refractivity contribution in [1.82, 2.24) is 20.5 Å². The van der Waals surface area contributed by atoms with Gasteiger partial charge in [0.05, 0.1) is 6.42 Å². The smallest absolute Gasteiger partial charge is 0.324 e. The second-order valence-electron chi connectivity index (χ2n) is 6.16. The second kappa shape index (κ2) is 7.38. The molecule has 25 heavy (non-hydrogen) atoms. The van der Waals surface area contributed by atoms with Crippen LogP contribution in [0.25, 0.3) is 10.9 Å². The summed E-state index contributed by atoms with van der Waals surface area (Å²) in [6.07, 6.45) is 3.28. The lowest BCUT2D eigenvalue weighted by Crippen LogP contribution is -2.37. The summed E-state index contributed by atoms with van der Waals surface area (Å²) in [6, 6.07) is 6.70. The number of urea groups is 1. The van der Waals surface area contributed by atoms with Gasteiger partial charge in [0.15, 0.2) is 0 Å². The maximum absolute atomic E-state index is 12.4. The summed E-state index contributed by atoms with van der Waals surface area (Å²) >= 11 is 0. The van der Waals surface area contributed by atoms with Crippen LogP contribution in [0, 0.1) is 0 Å². The zero-order valence-electron chi connectivity index (χ0n) is 14.2. The molecule has 1 atom stereocenters. The van der Waals surface area contributed by atoms with Crippen molar-refractivity contribution < 1.29 is 14.4 Å². The van der Waals surface area contributed by atoms with Crippen LogP contribution in [0.15, 0.2) is 30.5 Å². The zero-order chi connectivity index (χ0) is 17.8. The Bertz CT molecular complexity index is 798. The fraction of sp³-hybridized carbons (Fsp3) is 0.389. The molecule has 0 radical (unpaired) electrons. The van der Waals surface area contributed by atoms with Gasteiger partial charge in [-0.05, 0) is 24.5 Å². The van der Waals surface area contributed by atoms with Gasteiger partial charge in [-0.1, -0.05) is 25.1 Å². The molecule has 7 nitrogen and oxygen atoms in total. The first-order chi connectivity index (χ1) is 12.1. The normalized spacial score (nSPS) is 17.2. The van der Waals surface area contributed by atoms with Gasteiger partial charge in [0, 0.05) is 30.2 Å². The highest BCUT2D eigenvalue weighted by molar-refractivity contribution is 6.05. The lowest BCUT2D eigenvalue weighted by molar-refractivity contribution is -0.130. The van der Waals surface area contributed by atoms with Crippen LogP contribution >= 0.6 is 0 Å². The van der Waals surface area contributed by atoms with Crippen molar-refractivity contribution in [3.8, 4) is 0 Å². The summed E-state index contributed by atoms with van der Waals surface area (Å²) in [5.74, 6) is -0.560. The van der Waals surface area contributed by atoms with E-state index in [9.17, 15) is 14.4 Å². The summed E-state index contributed by atoms with van der Waals surface area (Å²) in [5.41, 5.74) is 2.08. The van der Waals surface area contributed by atoms with E-state index in [0.29, 0.717) is 19.5 Å². The van der Waals surface area contributed by atoms with Crippen molar-refractivity contribution in [2.24, 2.45) is 0 Å². The first-order valence-corrected chi connectivity index (χ1v) is 8.53. The zero-order valence-corrected chi connectivity index (χ0v) is 14.2. The van der Waals surface area contributed by atoms with E-state index in [1.165, 1.54) is 4.90 Å². The Kier molecular flexibility index (Phi) is 5.02. The molecule has 1 aromatic heterocycles. The number of hydrogen-bond acceptors (Lipinski definition) is 3. The Morgan fingerprint density at radius 1 is 1.28 bits per heavy atom. The first-order valence-electron chi connectivity index (χ1n) is 8.53. The predicted molar refractivity (Wildman–Crippen MR) is 94.0 cm³/mol. The highest BCUT2D eigenvalue weighted by Crippen LogP contribution is 2.19. The number of rotatable bonds is 7. The highest BCUT2D eigenvalue weighted by Gasteiger charge is 2.38. The van der Waals surface area contributed by atoms with E-state index in [2.05, 4.69) is 15.6 Å². The van der Waals surface area contributed by atoms with Crippen LogP contribution in [-0.4, -0.2) is 46.9 Å². The fourth-order valence-corrected chi connectivity index (χ4v) is 3.02. The van der Waals surface area contributed by atoms with Gasteiger partial charge in [-0.15, -0.1) is 0 Å². The van der Waals surface area contributed by atoms with Crippen LogP contribution in [0.4, 0.5) is 4.79 Å². The Morgan fingerprint density at radius 3 is 2.88 bits per heavy atom. The molecule has 0 saturated carbocycles. The summed E-state index contributed by atoms with van der Waals surface area (Å²) in [5, 5.41) is 6.40. The topological polar surface area (TPSA) is 94.3 Å². The number of H-pyrrole nitrogens is 1. The number of benzene rings is 1. The number of aromatic nitrogens is 1. The minimum atomic E-state index is -0.771. The molecule has 1 fully saturated rings. The third kappa shape index (κ3) is 3.65. The minimum Gasteiger partial charge on any atom is -0.361 e. The Hall–Kier alpha value is -2.83. The summed E-state index contributed by atoms with van der Waals surface area (Å²) in [4.78, 5) is 40.6. The number of nitrogens with one attached hydrogen (secondary N) is 3. The molecule has 7 heteroatoms. The standard InChI is InChI=1S/C18H22N4O3/c1-2-8-19-16(23)10-15-17(24)22(18(25)21-15)9-7-12-11-20-14-6-4-3-5-13(12)14/h3-6,11,15,20H,2,7-10H2,1H3,(H,19,23)(H,21,25). The van der Waals surface area contributed by atoms with Crippen molar-refractivity contribution in [2.45, 2.75) is 32.2 Å². The number of carbonyl (C=O) groups is 3. The van der Waals surface area contributed by atoms with Gasteiger partial charge in [-0.3, -0.25) is 14.5 Å². The molecule has 1 aliphatic heterocycles. The molecule has 0 bridgehead atoms. The number of aromatic amines is 1. The largest absolute Gasteiger partial charge is 0.361 e. The van der Waals surface area contributed by atoms with Crippen molar-refractivity contribution in [1.29, 1.82) is 0 Å². The van der Waals surface area contributed by atoms with Crippen LogP contribution < -0.4 is 10.6 Å². The number of carbonyl (C=O) groups excluding carboxylic acids is 3. The van der Waals surface area contributed by atoms with E-state index in [1.807, 2.05) is 37.4 Å². The molecule has 1 saturated heterocycles. The molecule has 3 N–H and O–H groups in total. The van der Waals surface area contributed by atoms with E-state index in [4.69, 9.17) is 0 Å². The lowest BCUT2D eigenvalue weighted by atomic mass is 10.1. The maximum atomic E-state index is 12.4. The minimum absolute atomic E-state index is 0.0197. The molecule has 0 spiro atoms. The molecule has 0 aliphatic carbocycles. The van der Waals surface area contributed by atoms with E-state index < -0.39 is 12.1 Å². The number of imide groups is 1. The fourth-order valence-electron chi connectivity index (χ4n) is 3.02. The molecule has 1 aromatic carbocycles. The molecule has 3 rings (SSSR count). The Labute approximate surface area is 145 Å². The Morgan fingerprint density at radius 2 is 2.08 bits per heavy atom. The van der Waals surface area contributed by atoms with Crippen molar-refractivity contribution in [2.75, 3.05) is 13.1 Å². The van der Waals surface area contributed by atoms with Gasteiger partial charge in [0.2, 0.25) is 5.91 Å². The monoisotopic (exact) mass is 342 g/mol. The summed E-state index contributed by atoms with van der Waals surface area (Å²) in [7, 11) is 0. The highest BCUT2D eigenvalue weighted by atomic mass is 16.2. The van der Waals surface area contributed by atoms with Gasteiger partial charge in [-0.25, -0.2) is 4.79 Å². The molecular formula is C18H22N4O3. The van der Waals surface area contributed by atoms with Crippen LogP contribution in [0.3, 0.4) is 0 Å². The lowest BCUT2D eigenvalue weighted by Gasteiger charge is -2.12. The van der Waals surface area contributed by atoms with Gasteiger partial charge in [0.1, 0.15) is 6.04 Å². The number of hydrogen-bond donors (Lipinski definition) is 3. The van der Waals surface area contributed by atoms with E-state index in [-0.39, 0.29) is 18.2 Å². The molecule has 132 valence electrons. The average molecular weight is 342 g/mol. The van der Waals surface area contributed by atoms with Crippen LogP contribution in [0.1, 0.15) is 25.3 Å². The molecule has 2 heterocycles. The van der Waals surface area contributed by atoms with Crippen LogP contribution in [0.5, 0.6) is 0 Å². The quantitative estimate of drug-likeness (QED) is 0.666. The van der Waals surface area contributed by atoms with E-state index in [0.717, 1.165) is 22.9 Å². The summed E-state index contributed by atoms with van der Waals surface area (Å²) < 4.78 is 0. The van der Waals surface area contributed by atoms with Gasteiger partial charge in [0.25, 0.3) is 5.91 Å². The number of nitrogens with zero attached hydrogens (tertiary/aromatic N) is 1. The van der Waals surface area contributed by atoms with Crippen molar-refractivity contribution in [3.63, 3.8) is 0 Å². The second-order valence-corrected chi connectivity index (χ2v) is 6.16. The number of para-hydroxylation sites is 1. The summed E-state index contributed by atoms with van der Waals surface area (Å²) in [6.45, 7) is 2.81. The molecule has 2 aromatic rings. The van der Waals surface area contributed by atoms with Crippen LogP contribution in [-0.2, 0) is 16.0 Å². The van der Waals surface area contributed by atoms with Crippen molar-refractivity contribution in [3.05, 3.63) is 36.0 Å². The number of amides is 4. The van der Waals surface area contributed by atoms with Gasteiger partial charge < -0.3 is 15.6 Å². The predicted octanol–water partition coefficient (Wildman–Crippen LogP) is 1.55. The Balaban J connectivity index is 1.60. The number of fused-ring (bicyclic) bond motifs is 1. The third-order valence-corrected chi connectivity index (χ3v) is 4.35. The average Bonchev–Trinajstić information content (AvgIpc) is 3.13. The molecular weight excluding hydrogens is 320 g/mol. The van der Waals surface area contributed by atoms with E-state index in [1.54, 1.807) is 0 Å².